The van der Waals surface area contributed by atoms with Gasteiger partial charge in [0.2, 0.25) is 0 Å². The molecule has 0 radical (unpaired) electrons. The first-order chi connectivity index (χ1) is 11.0. The highest BCUT2D eigenvalue weighted by atomic mass is 28.4. The Morgan fingerprint density at radius 3 is 2.30 bits per heavy atom. The highest BCUT2D eigenvalue weighted by Gasteiger charge is 2.61. The highest BCUT2D eigenvalue weighted by molar-refractivity contribution is 6.73. The summed E-state index contributed by atoms with van der Waals surface area (Å²) in [4.78, 5) is 12.3. The van der Waals surface area contributed by atoms with Gasteiger partial charge < -0.3 is 14.3 Å². The lowest BCUT2D eigenvalue weighted by molar-refractivity contribution is -0.148. The Bertz CT molecular complexity index is 430. The zero-order chi connectivity index (χ0) is 17.1. The number of hydrogen-bond acceptors (Lipinski definition) is 4. The smallest absolute Gasteiger partial charge is 0.320 e. The number of carbonyl (C=O) groups excluding carboxylic acids is 1. The molecule has 3 unspecified atom stereocenters. The van der Waals surface area contributed by atoms with Crippen LogP contribution in [0.5, 0.6) is 0 Å². The van der Waals surface area contributed by atoms with E-state index in [1.54, 1.807) is 0 Å². The number of cyclic esters (lactones) is 1. The molecule has 4 nitrogen and oxygen atoms in total. The van der Waals surface area contributed by atoms with Crippen LogP contribution in [0.15, 0.2) is 12.2 Å². The first kappa shape index (κ1) is 18.7. The molecule has 0 bridgehead atoms. The van der Waals surface area contributed by atoms with E-state index < -0.39 is 13.7 Å². The second-order valence-corrected chi connectivity index (χ2v) is 11.6. The van der Waals surface area contributed by atoms with Gasteiger partial charge in [0.05, 0.1) is 6.10 Å². The van der Waals surface area contributed by atoms with Crippen LogP contribution in [-0.2, 0) is 14.0 Å². The van der Waals surface area contributed by atoms with Crippen molar-refractivity contribution in [3.8, 4) is 0 Å². The van der Waals surface area contributed by atoms with E-state index in [-0.39, 0.29) is 30.7 Å². The van der Waals surface area contributed by atoms with Crippen molar-refractivity contribution in [3.05, 3.63) is 12.2 Å². The lowest BCUT2D eigenvalue weighted by Crippen LogP contribution is -2.46. The molecule has 1 aliphatic heterocycles. The Kier molecular flexibility index (Phi) is 6.08. The average molecular weight is 341 g/mol. The molecule has 5 heteroatoms. The minimum absolute atomic E-state index is 0.0793. The number of ether oxygens (including phenoxy) is 1. The maximum atomic E-state index is 12.3. The third-order valence-corrected chi connectivity index (χ3v) is 10.6. The molecule has 132 valence electrons. The molecule has 1 aliphatic carbocycles. The summed E-state index contributed by atoms with van der Waals surface area (Å²) in [6.45, 7) is 8.91. The number of esters is 1. The third-order valence-electron chi connectivity index (χ3n) is 5.92. The monoisotopic (exact) mass is 340 g/mol. The van der Waals surface area contributed by atoms with Crippen LogP contribution in [0, 0.1) is 11.3 Å². The molecule has 2 aliphatic rings. The normalized spacial score (nSPS) is 26.6. The fourth-order valence-corrected chi connectivity index (χ4v) is 6.91. The zero-order valence-corrected chi connectivity index (χ0v) is 16.0. The van der Waals surface area contributed by atoms with Crippen molar-refractivity contribution >= 4 is 14.3 Å². The molecular formula is C18H32O4Si. The van der Waals surface area contributed by atoms with Crippen LogP contribution < -0.4 is 0 Å². The van der Waals surface area contributed by atoms with E-state index in [4.69, 9.17) is 9.16 Å². The summed E-state index contributed by atoms with van der Waals surface area (Å²) < 4.78 is 12.5. The Morgan fingerprint density at radius 2 is 1.87 bits per heavy atom. The summed E-state index contributed by atoms with van der Waals surface area (Å²) in [5, 5.41) is 9.25. The van der Waals surface area contributed by atoms with Crippen LogP contribution in [0.4, 0.5) is 0 Å². The summed E-state index contributed by atoms with van der Waals surface area (Å²) >= 11 is 0. The Morgan fingerprint density at radius 1 is 1.26 bits per heavy atom. The van der Waals surface area contributed by atoms with Gasteiger partial charge in [0.1, 0.15) is 11.5 Å². The molecule has 3 atom stereocenters. The minimum Gasteiger partial charge on any atom is -0.458 e. The number of rotatable bonds is 10. The van der Waals surface area contributed by atoms with Crippen molar-refractivity contribution in [1.29, 1.82) is 0 Å². The highest BCUT2D eigenvalue weighted by Crippen LogP contribution is 2.53. The van der Waals surface area contributed by atoms with Crippen molar-refractivity contribution in [3.63, 3.8) is 0 Å². The summed E-state index contributed by atoms with van der Waals surface area (Å²) in [5.41, 5.74) is -0.449. The first-order valence-electron chi connectivity index (χ1n) is 9.22. The van der Waals surface area contributed by atoms with Crippen molar-refractivity contribution in [2.75, 3.05) is 6.61 Å². The average Bonchev–Trinajstić information content (AvgIpc) is 3.32. The fourth-order valence-electron chi connectivity index (χ4n) is 4.01. The van der Waals surface area contributed by atoms with E-state index in [1.165, 1.54) is 0 Å². The van der Waals surface area contributed by atoms with Gasteiger partial charge in [-0.05, 0) is 37.4 Å². The van der Waals surface area contributed by atoms with Gasteiger partial charge in [-0.15, -0.1) is 0 Å². The summed E-state index contributed by atoms with van der Waals surface area (Å²) in [5.74, 6) is 0.0691. The van der Waals surface area contributed by atoms with Crippen LogP contribution in [-0.4, -0.2) is 38.2 Å². The number of aliphatic hydroxyl groups excluding tert-OH is 1. The predicted octanol–water partition coefficient (Wildman–Crippen LogP) is 3.66. The molecule has 1 fully saturated rings. The molecule has 0 aromatic rings. The molecular weight excluding hydrogens is 308 g/mol. The first-order valence-corrected chi connectivity index (χ1v) is 11.8. The van der Waals surface area contributed by atoms with Gasteiger partial charge in [0, 0.05) is 12.5 Å². The van der Waals surface area contributed by atoms with Gasteiger partial charge in [0.25, 0.3) is 0 Å². The fraction of sp³-hybridized carbons (Fsp3) is 0.833. The van der Waals surface area contributed by atoms with Crippen molar-refractivity contribution in [1.82, 2.24) is 0 Å². The molecule has 1 heterocycles. The summed E-state index contributed by atoms with van der Waals surface area (Å²) in [6.07, 6.45) is 6.07. The molecule has 0 amide bonds. The topological polar surface area (TPSA) is 55.8 Å². The Hall–Kier alpha value is -0.653. The second kappa shape index (κ2) is 7.49. The van der Waals surface area contributed by atoms with Gasteiger partial charge in [-0.25, -0.2) is 0 Å². The maximum absolute atomic E-state index is 12.3. The molecule has 1 N–H and O–H groups in total. The van der Waals surface area contributed by atoms with Crippen LogP contribution in [0.25, 0.3) is 0 Å². The minimum atomic E-state index is -1.78. The number of hydrogen-bond donors (Lipinski definition) is 1. The van der Waals surface area contributed by atoms with Crippen LogP contribution >= 0.6 is 0 Å². The number of carbonyl (C=O) groups is 1. The second-order valence-electron chi connectivity index (χ2n) is 6.92. The van der Waals surface area contributed by atoms with Gasteiger partial charge in [-0.2, -0.15) is 0 Å². The quantitative estimate of drug-likeness (QED) is 0.375. The third kappa shape index (κ3) is 3.42. The van der Waals surface area contributed by atoms with Crippen LogP contribution in [0.3, 0.4) is 0 Å². The van der Waals surface area contributed by atoms with Crippen molar-refractivity contribution in [2.45, 2.75) is 77.3 Å². The molecule has 2 rings (SSSR count). The SMILES string of the molecule is CCC1C(C(CCCO)O[Si](CC)(CC)CC)OC(=O)C12C=C2. The molecule has 23 heavy (non-hydrogen) atoms. The van der Waals surface area contributed by atoms with Crippen LogP contribution in [0.1, 0.15) is 47.0 Å². The van der Waals surface area contributed by atoms with Gasteiger partial charge in [-0.1, -0.05) is 39.8 Å². The van der Waals surface area contributed by atoms with Crippen LogP contribution in [0.2, 0.25) is 18.1 Å². The molecule has 0 aromatic heterocycles. The summed E-state index contributed by atoms with van der Waals surface area (Å²) in [6, 6.07) is 3.24. The van der Waals surface area contributed by atoms with E-state index in [9.17, 15) is 9.90 Å². The lowest BCUT2D eigenvalue weighted by atomic mass is 9.81. The zero-order valence-electron chi connectivity index (χ0n) is 15.0. The van der Waals surface area contributed by atoms with E-state index in [0.717, 1.165) is 31.0 Å². The maximum Gasteiger partial charge on any atom is 0.320 e. The molecule has 0 saturated carbocycles. The van der Waals surface area contributed by atoms with E-state index in [2.05, 4.69) is 27.7 Å². The van der Waals surface area contributed by atoms with E-state index >= 15 is 0 Å². The largest absolute Gasteiger partial charge is 0.458 e. The molecule has 0 aromatic carbocycles. The lowest BCUT2D eigenvalue weighted by Gasteiger charge is -2.37. The van der Waals surface area contributed by atoms with Gasteiger partial charge in [-0.3, -0.25) is 4.79 Å². The van der Waals surface area contributed by atoms with E-state index in [0.29, 0.717) is 6.42 Å². The molecule has 1 spiro atoms. The van der Waals surface area contributed by atoms with Crippen molar-refractivity contribution < 1.29 is 19.1 Å². The van der Waals surface area contributed by atoms with Crippen molar-refractivity contribution in [2.24, 2.45) is 11.3 Å². The van der Waals surface area contributed by atoms with E-state index in [1.807, 2.05) is 12.2 Å². The summed E-state index contributed by atoms with van der Waals surface area (Å²) in [7, 11) is -1.78. The number of aliphatic hydroxyl groups is 1. The standard InChI is InChI=1S/C18H32O4Si/c1-5-14-16(21-17(20)18(14)11-12-18)15(10-9-13-19)22-23(6-2,7-3)8-4/h11-12,14-16,19H,5-10,13H2,1-4H3. The Labute approximate surface area is 141 Å². The van der Waals surface area contributed by atoms with Gasteiger partial charge in [0.15, 0.2) is 8.32 Å². The Balaban J connectivity index is 2.19. The molecule has 1 saturated heterocycles. The predicted molar refractivity (Wildman–Crippen MR) is 93.6 cm³/mol. The van der Waals surface area contributed by atoms with Gasteiger partial charge >= 0.3 is 5.97 Å².